The summed E-state index contributed by atoms with van der Waals surface area (Å²) in [5.41, 5.74) is 1.24. The Hall–Kier alpha value is -3.32. The highest BCUT2D eigenvalue weighted by Crippen LogP contribution is 2.40. The third kappa shape index (κ3) is 5.54. The number of benzene rings is 2. The van der Waals surface area contributed by atoms with Gasteiger partial charge in [-0.2, -0.15) is 0 Å². The fourth-order valence-electron chi connectivity index (χ4n) is 3.88. The monoisotopic (exact) mass is 453 g/mol. The number of Topliss-reactive ketones (excluding diaryl/α,β-unsaturated/α-hetero) is 1. The maximum atomic E-state index is 13.1. The van der Waals surface area contributed by atoms with E-state index in [-0.39, 0.29) is 11.3 Å². The highest BCUT2D eigenvalue weighted by molar-refractivity contribution is 6.46. The molecule has 2 aromatic rings. The average molecular weight is 454 g/mol. The van der Waals surface area contributed by atoms with Gasteiger partial charge in [0.25, 0.3) is 11.7 Å². The molecule has 1 aliphatic heterocycles. The Bertz CT molecular complexity index is 981. The van der Waals surface area contributed by atoms with Gasteiger partial charge in [-0.05, 0) is 69.2 Å². The van der Waals surface area contributed by atoms with Crippen LogP contribution in [0.4, 0.5) is 0 Å². The predicted molar refractivity (Wildman–Crippen MR) is 125 cm³/mol. The van der Waals surface area contributed by atoms with Crippen LogP contribution in [0.3, 0.4) is 0 Å². The molecule has 1 aliphatic rings. The van der Waals surface area contributed by atoms with Gasteiger partial charge in [-0.1, -0.05) is 12.1 Å². The number of ether oxygens (including phenoxy) is 3. The van der Waals surface area contributed by atoms with Gasteiger partial charge in [-0.25, -0.2) is 0 Å². The minimum absolute atomic E-state index is 0.0738. The van der Waals surface area contributed by atoms with Crippen LogP contribution in [0.2, 0.25) is 0 Å². The molecule has 0 spiro atoms. The first-order valence-electron chi connectivity index (χ1n) is 11.3. The molecule has 7 heteroatoms. The Morgan fingerprint density at radius 1 is 0.879 bits per heavy atom. The first kappa shape index (κ1) is 24.3. The Kier molecular flexibility index (Phi) is 8.49. The van der Waals surface area contributed by atoms with Crippen molar-refractivity contribution in [2.45, 2.75) is 33.2 Å². The maximum Gasteiger partial charge on any atom is 0.295 e. The van der Waals surface area contributed by atoms with Crippen LogP contribution in [-0.4, -0.2) is 54.7 Å². The number of nitrogens with zero attached hydrogens (tertiary/aromatic N) is 1. The van der Waals surface area contributed by atoms with E-state index in [1.807, 2.05) is 32.9 Å². The van der Waals surface area contributed by atoms with E-state index in [0.29, 0.717) is 56.5 Å². The minimum Gasteiger partial charge on any atom is -0.507 e. The lowest BCUT2D eigenvalue weighted by Crippen LogP contribution is -2.31. The molecule has 1 fully saturated rings. The summed E-state index contributed by atoms with van der Waals surface area (Å²) >= 11 is 0. The van der Waals surface area contributed by atoms with Crippen LogP contribution in [0.25, 0.3) is 5.76 Å². The van der Waals surface area contributed by atoms with Gasteiger partial charge >= 0.3 is 0 Å². The van der Waals surface area contributed by atoms with Crippen molar-refractivity contribution < 1.29 is 28.9 Å². The Morgan fingerprint density at radius 2 is 1.45 bits per heavy atom. The lowest BCUT2D eigenvalue weighted by Gasteiger charge is -2.25. The van der Waals surface area contributed by atoms with E-state index in [1.54, 1.807) is 36.4 Å². The topological polar surface area (TPSA) is 85.3 Å². The van der Waals surface area contributed by atoms with Gasteiger partial charge in [-0.3, -0.25) is 9.59 Å². The number of aliphatic hydroxyl groups is 1. The Morgan fingerprint density at radius 3 is 2.00 bits per heavy atom. The molecular weight excluding hydrogens is 422 g/mol. The van der Waals surface area contributed by atoms with Crippen molar-refractivity contribution >= 4 is 17.4 Å². The molecule has 1 atom stereocenters. The van der Waals surface area contributed by atoms with E-state index in [0.717, 1.165) is 5.56 Å². The zero-order chi connectivity index (χ0) is 23.8. The second kappa shape index (κ2) is 11.5. The van der Waals surface area contributed by atoms with Crippen molar-refractivity contribution in [3.8, 4) is 11.5 Å². The predicted octanol–water partition coefficient (Wildman–Crippen LogP) is 4.33. The molecule has 1 N–H and O–H groups in total. The van der Waals surface area contributed by atoms with Crippen molar-refractivity contribution in [2.75, 3.05) is 33.0 Å². The van der Waals surface area contributed by atoms with Crippen molar-refractivity contribution in [2.24, 2.45) is 0 Å². The molecule has 7 nitrogen and oxygen atoms in total. The number of carbonyl (C=O) groups is 2. The quantitative estimate of drug-likeness (QED) is 0.236. The van der Waals surface area contributed by atoms with Crippen LogP contribution in [0.5, 0.6) is 11.5 Å². The number of amides is 1. The van der Waals surface area contributed by atoms with Gasteiger partial charge in [0.05, 0.1) is 24.8 Å². The minimum atomic E-state index is -0.700. The zero-order valence-corrected chi connectivity index (χ0v) is 19.4. The molecule has 2 aromatic carbocycles. The highest BCUT2D eigenvalue weighted by atomic mass is 16.5. The normalized spacial score (nSPS) is 17.4. The molecule has 1 amide bonds. The van der Waals surface area contributed by atoms with Crippen molar-refractivity contribution in [3.05, 3.63) is 65.2 Å². The molecule has 176 valence electrons. The van der Waals surface area contributed by atoms with E-state index < -0.39 is 17.7 Å². The molecule has 0 radical (unpaired) electrons. The number of aliphatic hydroxyl groups excluding tert-OH is 1. The van der Waals surface area contributed by atoms with E-state index in [1.165, 1.54) is 4.90 Å². The van der Waals surface area contributed by atoms with Crippen LogP contribution in [0.1, 0.15) is 44.4 Å². The summed E-state index contributed by atoms with van der Waals surface area (Å²) in [7, 11) is 0. The average Bonchev–Trinajstić information content (AvgIpc) is 3.08. The number of carbonyl (C=O) groups excluding carboxylic acids is 2. The summed E-state index contributed by atoms with van der Waals surface area (Å²) in [4.78, 5) is 27.5. The number of hydrogen-bond acceptors (Lipinski definition) is 6. The summed E-state index contributed by atoms with van der Waals surface area (Å²) in [6.45, 7) is 8.15. The third-order valence-corrected chi connectivity index (χ3v) is 5.38. The lowest BCUT2D eigenvalue weighted by molar-refractivity contribution is -0.140. The SMILES string of the molecule is CCOCCCN1C(=O)C(=O)C(=C(O)c2ccc(OCC)cc2)[C@@H]1c1ccc(OCC)cc1. The summed E-state index contributed by atoms with van der Waals surface area (Å²) in [5.74, 6) is -0.174. The van der Waals surface area contributed by atoms with Gasteiger partial charge in [0.2, 0.25) is 0 Å². The Balaban J connectivity index is 2.01. The summed E-state index contributed by atoms with van der Waals surface area (Å²) < 4.78 is 16.4. The first-order chi connectivity index (χ1) is 16.0. The van der Waals surface area contributed by atoms with Crippen molar-refractivity contribution in [1.29, 1.82) is 0 Å². The summed E-state index contributed by atoms with van der Waals surface area (Å²) in [6, 6.07) is 13.4. The largest absolute Gasteiger partial charge is 0.507 e. The molecule has 3 rings (SSSR count). The van der Waals surface area contributed by atoms with E-state index in [2.05, 4.69) is 0 Å². The number of ketones is 1. The van der Waals surface area contributed by atoms with E-state index in [9.17, 15) is 14.7 Å². The first-order valence-corrected chi connectivity index (χ1v) is 11.3. The molecule has 1 saturated heterocycles. The van der Waals surface area contributed by atoms with Crippen molar-refractivity contribution in [3.63, 3.8) is 0 Å². The standard InChI is InChI=1S/C26H31NO6/c1-4-31-17-7-16-27-23(18-8-12-20(13-9-18)32-5-2)22(25(29)26(27)30)24(28)19-10-14-21(15-11-19)33-6-3/h8-15,23,28H,4-7,16-17H2,1-3H3/t23-/m0/s1. The second-order valence-electron chi connectivity index (χ2n) is 7.50. The van der Waals surface area contributed by atoms with Crippen LogP contribution >= 0.6 is 0 Å². The van der Waals surface area contributed by atoms with Gasteiger partial charge in [0, 0.05) is 25.3 Å². The molecular formula is C26H31NO6. The molecule has 0 aliphatic carbocycles. The molecule has 0 unspecified atom stereocenters. The third-order valence-electron chi connectivity index (χ3n) is 5.38. The van der Waals surface area contributed by atoms with Crippen LogP contribution < -0.4 is 9.47 Å². The fraction of sp³-hybridized carbons (Fsp3) is 0.385. The highest BCUT2D eigenvalue weighted by Gasteiger charge is 2.45. The van der Waals surface area contributed by atoms with Gasteiger partial charge in [0.15, 0.2) is 0 Å². The van der Waals surface area contributed by atoms with Crippen LogP contribution in [0, 0.1) is 0 Å². The molecule has 0 saturated carbocycles. The number of rotatable bonds is 11. The summed E-state index contributed by atoms with van der Waals surface area (Å²) in [6.07, 6.45) is 0.581. The fourth-order valence-corrected chi connectivity index (χ4v) is 3.88. The van der Waals surface area contributed by atoms with Crippen molar-refractivity contribution in [1.82, 2.24) is 4.90 Å². The van der Waals surface area contributed by atoms with Crippen LogP contribution in [-0.2, 0) is 14.3 Å². The van der Waals surface area contributed by atoms with Gasteiger partial charge < -0.3 is 24.2 Å². The van der Waals surface area contributed by atoms with Gasteiger partial charge in [0.1, 0.15) is 17.3 Å². The summed E-state index contributed by atoms with van der Waals surface area (Å²) in [5, 5.41) is 11.1. The second-order valence-corrected chi connectivity index (χ2v) is 7.50. The van der Waals surface area contributed by atoms with E-state index >= 15 is 0 Å². The van der Waals surface area contributed by atoms with Crippen LogP contribution in [0.15, 0.2) is 54.1 Å². The molecule has 0 aromatic heterocycles. The molecule has 1 heterocycles. The van der Waals surface area contributed by atoms with E-state index in [4.69, 9.17) is 14.2 Å². The number of likely N-dealkylation sites (tertiary alicyclic amines) is 1. The zero-order valence-electron chi connectivity index (χ0n) is 19.4. The smallest absolute Gasteiger partial charge is 0.295 e. The maximum absolute atomic E-state index is 13.1. The number of hydrogen-bond donors (Lipinski definition) is 1. The van der Waals surface area contributed by atoms with Gasteiger partial charge in [-0.15, -0.1) is 0 Å². The lowest BCUT2D eigenvalue weighted by atomic mass is 9.95. The molecule has 0 bridgehead atoms. The molecule has 33 heavy (non-hydrogen) atoms. The Labute approximate surface area is 194 Å².